The number of hydrogen-bond acceptors (Lipinski definition) is 5. The van der Waals surface area contributed by atoms with Crippen LogP contribution in [0.2, 0.25) is 0 Å². The number of rotatable bonds is 4. The van der Waals surface area contributed by atoms with Gasteiger partial charge >= 0.3 is 0 Å². The Kier molecular flexibility index (Phi) is 5.36. The summed E-state index contributed by atoms with van der Waals surface area (Å²) >= 11 is 0. The number of hydrogen-bond donors (Lipinski definition) is 1. The molecule has 0 radical (unpaired) electrons. The van der Waals surface area contributed by atoms with E-state index in [1.807, 2.05) is 30.3 Å². The van der Waals surface area contributed by atoms with Gasteiger partial charge in [0.05, 0.1) is 7.11 Å². The average molecular weight is 354 g/mol. The molecule has 0 aliphatic carbocycles. The van der Waals surface area contributed by atoms with Crippen molar-refractivity contribution in [1.29, 1.82) is 0 Å². The molecule has 0 bridgehead atoms. The van der Waals surface area contributed by atoms with Crippen LogP contribution in [-0.2, 0) is 4.79 Å². The molecule has 1 fully saturated rings. The highest BCUT2D eigenvalue weighted by Crippen LogP contribution is 2.21. The third-order valence-corrected chi connectivity index (χ3v) is 4.35. The van der Waals surface area contributed by atoms with Gasteiger partial charge in [-0.15, -0.1) is 0 Å². The lowest BCUT2D eigenvalue weighted by Crippen LogP contribution is -2.50. The van der Waals surface area contributed by atoms with Gasteiger partial charge in [-0.05, 0) is 24.3 Å². The Labute approximate surface area is 152 Å². The highest BCUT2D eigenvalue weighted by atomic mass is 16.5. The summed E-state index contributed by atoms with van der Waals surface area (Å²) in [5.41, 5.74) is 2.03. The Balaban J connectivity index is 1.69. The molecule has 0 atom stereocenters. The molecule has 3 rings (SSSR count). The number of aromatic nitrogens is 1. The van der Waals surface area contributed by atoms with Crippen molar-refractivity contribution < 1.29 is 14.3 Å². The van der Waals surface area contributed by atoms with Crippen molar-refractivity contribution in [1.82, 2.24) is 14.8 Å². The number of nitrogens with one attached hydrogen (secondary N) is 1. The number of methoxy groups -OCH3 is 1. The van der Waals surface area contributed by atoms with Crippen molar-refractivity contribution in [2.24, 2.45) is 0 Å². The van der Waals surface area contributed by atoms with Crippen molar-refractivity contribution in [2.75, 3.05) is 38.6 Å². The van der Waals surface area contributed by atoms with Crippen molar-refractivity contribution in [2.45, 2.75) is 6.92 Å². The van der Waals surface area contributed by atoms with Crippen LogP contribution in [0.4, 0.5) is 11.4 Å². The molecule has 1 saturated heterocycles. The van der Waals surface area contributed by atoms with Gasteiger partial charge in [0.1, 0.15) is 11.4 Å². The van der Waals surface area contributed by atoms with Gasteiger partial charge in [-0.2, -0.15) is 0 Å². The Morgan fingerprint density at radius 3 is 2.42 bits per heavy atom. The predicted octanol–water partition coefficient (Wildman–Crippen LogP) is 2.14. The molecular weight excluding hydrogens is 332 g/mol. The second-order valence-electron chi connectivity index (χ2n) is 6.08. The van der Waals surface area contributed by atoms with Gasteiger partial charge in [-0.25, -0.2) is 0 Å². The Morgan fingerprint density at radius 2 is 1.73 bits per heavy atom. The van der Waals surface area contributed by atoms with Crippen LogP contribution in [-0.4, -0.2) is 59.9 Å². The van der Waals surface area contributed by atoms with Crippen LogP contribution in [0.25, 0.3) is 0 Å². The van der Waals surface area contributed by atoms with Crippen LogP contribution in [0.5, 0.6) is 5.75 Å². The van der Waals surface area contributed by atoms with E-state index in [4.69, 9.17) is 4.74 Å². The zero-order chi connectivity index (χ0) is 18.5. The third-order valence-electron chi connectivity index (χ3n) is 4.35. The number of nitrogens with zero attached hydrogens (tertiary/aromatic N) is 3. The van der Waals surface area contributed by atoms with Crippen molar-refractivity contribution in [3.63, 3.8) is 0 Å². The number of piperazine rings is 1. The molecule has 136 valence electrons. The molecular formula is C19H22N4O3. The quantitative estimate of drug-likeness (QED) is 0.910. The molecule has 1 aliphatic rings. The molecule has 7 heteroatoms. The molecule has 7 nitrogen and oxygen atoms in total. The number of pyridine rings is 1. The van der Waals surface area contributed by atoms with E-state index < -0.39 is 0 Å². The molecule has 26 heavy (non-hydrogen) atoms. The number of carbonyl (C=O) groups excluding carboxylic acids is 2. The summed E-state index contributed by atoms with van der Waals surface area (Å²) in [4.78, 5) is 31.8. The molecule has 0 saturated carbocycles. The van der Waals surface area contributed by atoms with E-state index in [2.05, 4.69) is 10.3 Å². The summed E-state index contributed by atoms with van der Waals surface area (Å²) in [6.45, 7) is 3.71. The first-order valence-corrected chi connectivity index (χ1v) is 8.49. The van der Waals surface area contributed by atoms with Crippen LogP contribution in [0, 0.1) is 0 Å². The van der Waals surface area contributed by atoms with Crippen LogP contribution >= 0.6 is 0 Å². The van der Waals surface area contributed by atoms with E-state index in [9.17, 15) is 9.59 Å². The van der Waals surface area contributed by atoms with Gasteiger partial charge in [0.25, 0.3) is 5.91 Å². The summed E-state index contributed by atoms with van der Waals surface area (Å²) in [6.07, 6.45) is 1.61. The summed E-state index contributed by atoms with van der Waals surface area (Å²) in [6, 6.07) is 11.1. The predicted molar refractivity (Wildman–Crippen MR) is 98.7 cm³/mol. The van der Waals surface area contributed by atoms with Gasteiger partial charge in [-0.1, -0.05) is 6.07 Å². The minimum Gasteiger partial charge on any atom is -0.497 e. The Morgan fingerprint density at radius 1 is 1.04 bits per heavy atom. The smallest absolute Gasteiger partial charge is 0.272 e. The van der Waals surface area contributed by atoms with E-state index in [1.165, 1.54) is 0 Å². The maximum Gasteiger partial charge on any atom is 0.272 e. The van der Waals surface area contributed by atoms with E-state index >= 15 is 0 Å². The average Bonchev–Trinajstić information content (AvgIpc) is 2.68. The first kappa shape index (κ1) is 17.7. The lowest BCUT2D eigenvalue weighted by molar-refractivity contribution is -0.130. The first-order valence-electron chi connectivity index (χ1n) is 8.49. The Bertz CT molecular complexity index is 801. The minimum atomic E-state index is -0.123. The zero-order valence-corrected chi connectivity index (χ0v) is 14.9. The number of carbonyl (C=O) groups is 2. The monoisotopic (exact) mass is 354 g/mol. The van der Waals surface area contributed by atoms with Gasteiger partial charge in [-0.3, -0.25) is 14.6 Å². The van der Waals surface area contributed by atoms with Crippen LogP contribution in [0.15, 0.2) is 42.6 Å². The standard InChI is InChI=1S/C19H22N4O3/c1-14(24)22-8-10-23(11-9-22)19(25)18-13-16(6-7-20-18)21-15-4-3-5-17(12-15)26-2/h3-7,12-13H,8-11H2,1-2H3,(H,20,21). The van der Waals surface area contributed by atoms with E-state index in [-0.39, 0.29) is 11.8 Å². The Hall–Kier alpha value is -3.09. The fourth-order valence-corrected chi connectivity index (χ4v) is 2.88. The maximum atomic E-state index is 12.7. The second-order valence-corrected chi connectivity index (χ2v) is 6.08. The lowest BCUT2D eigenvalue weighted by atomic mass is 10.2. The van der Waals surface area contributed by atoms with E-state index in [0.717, 1.165) is 17.1 Å². The lowest BCUT2D eigenvalue weighted by Gasteiger charge is -2.34. The van der Waals surface area contributed by atoms with Gasteiger partial charge in [0.15, 0.2) is 0 Å². The molecule has 1 N–H and O–H groups in total. The molecule has 2 amide bonds. The number of benzene rings is 1. The first-order chi connectivity index (χ1) is 12.6. The normalized spacial score (nSPS) is 14.1. The highest BCUT2D eigenvalue weighted by Gasteiger charge is 2.24. The fraction of sp³-hybridized carbons (Fsp3) is 0.316. The summed E-state index contributed by atoms with van der Waals surface area (Å²) in [5, 5.41) is 3.26. The SMILES string of the molecule is COc1cccc(Nc2ccnc(C(=O)N3CCN(C(C)=O)CC3)c2)c1. The summed E-state index contributed by atoms with van der Waals surface area (Å²) in [5.74, 6) is 0.672. The largest absolute Gasteiger partial charge is 0.497 e. The van der Waals surface area contributed by atoms with Crippen molar-refractivity contribution in [3.8, 4) is 5.75 Å². The molecule has 0 unspecified atom stereocenters. The van der Waals surface area contributed by atoms with Crippen molar-refractivity contribution >= 4 is 23.2 Å². The van der Waals surface area contributed by atoms with Crippen LogP contribution < -0.4 is 10.1 Å². The fourth-order valence-electron chi connectivity index (χ4n) is 2.88. The minimum absolute atomic E-state index is 0.0414. The van der Waals surface area contributed by atoms with Crippen LogP contribution in [0.1, 0.15) is 17.4 Å². The molecule has 0 spiro atoms. The topological polar surface area (TPSA) is 74.8 Å². The third kappa shape index (κ3) is 4.11. The molecule has 2 aromatic rings. The maximum absolute atomic E-state index is 12.7. The highest BCUT2D eigenvalue weighted by molar-refractivity contribution is 5.93. The summed E-state index contributed by atoms with van der Waals surface area (Å²) in [7, 11) is 1.62. The molecule has 1 aromatic carbocycles. The number of anilines is 2. The number of amides is 2. The zero-order valence-electron chi connectivity index (χ0n) is 14.9. The summed E-state index contributed by atoms with van der Waals surface area (Å²) < 4.78 is 5.22. The molecule has 1 aliphatic heterocycles. The second kappa shape index (κ2) is 7.86. The van der Waals surface area contributed by atoms with E-state index in [0.29, 0.717) is 31.9 Å². The van der Waals surface area contributed by atoms with Gasteiger partial charge < -0.3 is 19.9 Å². The number of ether oxygens (including phenoxy) is 1. The van der Waals surface area contributed by atoms with Gasteiger partial charge in [0, 0.05) is 56.7 Å². The van der Waals surface area contributed by atoms with Crippen LogP contribution in [0.3, 0.4) is 0 Å². The van der Waals surface area contributed by atoms with E-state index in [1.54, 1.807) is 36.1 Å². The molecule has 1 aromatic heterocycles. The molecule has 2 heterocycles. The van der Waals surface area contributed by atoms with Gasteiger partial charge in [0.2, 0.25) is 5.91 Å². The van der Waals surface area contributed by atoms with Crippen molar-refractivity contribution in [3.05, 3.63) is 48.3 Å².